The number of aromatic nitrogens is 4. The Morgan fingerprint density at radius 1 is 1.18 bits per heavy atom. The molecule has 1 saturated heterocycles. The summed E-state index contributed by atoms with van der Waals surface area (Å²) in [5.41, 5.74) is 1.00. The summed E-state index contributed by atoms with van der Waals surface area (Å²) in [5.74, 6) is -0.696. The lowest BCUT2D eigenvalue weighted by Crippen LogP contribution is -2.34. The average molecular weight is 470 g/mol. The van der Waals surface area contributed by atoms with Crippen molar-refractivity contribution in [3.63, 3.8) is 0 Å². The zero-order valence-electron chi connectivity index (χ0n) is 20.0. The molecule has 3 heterocycles. The van der Waals surface area contributed by atoms with Crippen LogP contribution in [0.15, 0.2) is 30.6 Å². The molecule has 0 saturated carbocycles. The fourth-order valence-corrected chi connectivity index (χ4v) is 4.30. The number of amides is 1. The lowest BCUT2D eigenvalue weighted by Gasteiger charge is -2.20. The second kappa shape index (κ2) is 9.46. The lowest BCUT2D eigenvalue weighted by molar-refractivity contribution is 0.0778. The number of anilines is 2. The van der Waals surface area contributed by atoms with Gasteiger partial charge in [0.1, 0.15) is 17.3 Å². The third-order valence-electron chi connectivity index (χ3n) is 6.12. The first-order valence-corrected chi connectivity index (χ1v) is 11.2. The van der Waals surface area contributed by atoms with Crippen molar-refractivity contribution < 1.29 is 13.6 Å². The molecule has 0 unspecified atom stereocenters. The molecule has 1 fully saturated rings. The number of rotatable bonds is 6. The van der Waals surface area contributed by atoms with Gasteiger partial charge in [-0.15, -0.1) is 0 Å². The molecule has 1 aliphatic heterocycles. The van der Waals surface area contributed by atoms with E-state index in [1.54, 1.807) is 17.2 Å². The Bertz CT molecular complexity index is 1210. The van der Waals surface area contributed by atoms with Crippen LogP contribution in [0.5, 0.6) is 0 Å². The number of aryl methyl sites for hydroxylation is 1. The molecule has 2 aromatic heterocycles. The van der Waals surface area contributed by atoms with Crippen LogP contribution in [0.4, 0.5) is 20.4 Å². The minimum Gasteiger partial charge on any atom is -0.337 e. The molecule has 1 aromatic carbocycles. The quantitative estimate of drug-likeness (QED) is 0.587. The van der Waals surface area contributed by atoms with Gasteiger partial charge in [0.25, 0.3) is 5.91 Å². The highest BCUT2D eigenvalue weighted by Gasteiger charge is 2.29. The molecule has 10 heteroatoms. The first kappa shape index (κ1) is 23.7. The van der Waals surface area contributed by atoms with Crippen molar-refractivity contribution in [2.45, 2.75) is 39.3 Å². The summed E-state index contributed by atoms with van der Waals surface area (Å²) < 4.78 is 31.3. The summed E-state index contributed by atoms with van der Waals surface area (Å²) in [6.07, 6.45) is 3.50. The Balaban J connectivity index is 1.55. The largest absolute Gasteiger partial charge is 0.337 e. The summed E-state index contributed by atoms with van der Waals surface area (Å²) in [6.45, 7) is 6.97. The summed E-state index contributed by atoms with van der Waals surface area (Å²) in [4.78, 5) is 29.1. The third-order valence-corrected chi connectivity index (χ3v) is 6.12. The van der Waals surface area contributed by atoms with Crippen LogP contribution in [0.2, 0.25) is 0 Å². The average Bonchev–Trinajstić information content (AvgIpc) is 3.42. The highest BCUT2D eigenvalue weighted by atomic mass is 19.1. The molecule has 4 rings (SSSR count). The molecule has 3 aromatic rings. The van der Waals surface area contributed by atoms with Gasteiger partial charge in [0.05, 0.1) is 23.7 Å². The number of nitrogens with one attached hydrogen (secondary N) is 1. The van der Waals surface area contributed by atoms with Crippen molar-refractivity contribution >= 4 is 17.5 Å². The molecule has 1 N–H and O–H groups in total. The maximum Gasteiger partial charge on any atom is 0.256 e. The summed E-state index contributed by atoms with van der Waals surface area (Å²) in [5, 5.41) is 2.91. The second-order valence-corrected chi connectivity index (χ2v) is 9.02. The molecule has 1 aliphatic rings. The monoisotopic (exact) mass is 469 g/mol. The number of likely N-dealkylation sites (N-methyl/N-ethyl adjacent to an activating group) is 1. The van der Waals surface area contributed by atoms with Crippen LogP contribution in [0.1, 0.15) is 42.5 Å². The predicted octanol–water partition coefficient (Wildman–Crippen LogP) is 4.03. The van der Waals surface area contributed by atoms with E-state index in [0.717, 1.165) is 18.4 Å². The van der Waals surface area contributed by atoms with Crippen LogP contribution in [-0.2, 0) is 0 Å². The number of carbonyl (C=O) groups is 1. The van der Waals surface area contributed by atoms with Crippen molar-refractivity contribution in [1.82, 2.24) is 29.3 Å². The number of nitrogens with zero attached hydrogens (tertiary/aromatic N) is 6. The van der Waals surface area contributed by atoms with Crippen molar-refractivity contribution in [3.8, 4) is 11.4 Å². The van der Waals surface area contributed by atoms with E-state index in [1.807, 2.05) is 39.4 Å². The number of carbonyl (C=O) groups excluding carboxylic acids is 1. The summed E-state index contributed by atoms with van der Waals surface area (Å²) in [6, 6.07) is 4.59. The molecule has 0 radical (unpaired) electrons. The molecule has 0 bridgehead atoms. The van der Waals surface area contributed by atoms with Gasteiger partial charge >= 0.3 is 0 Å². The Hall–Kier alpha value is -3.40. The highest BCUT2D eigenvalue weighted by Crippen LogP contribution is 2.27. The summed E-state index contributed by atoms with van der Waals surface area (Å²) >= 11 is 0. The Labute approximate surface area is 197 Å². The molecule has 34 heavy (non-hydrogen) atoms. The smallest absolute Gasteiger partial charge is 0.256 e. The second-order valence-electron chi connectivity index (χ2n) is 9.02. The molecule has 1 amide bonds. The third kappa shape index (κ3) is 4.63. The summed E-state index contributed by atoms with van der Waals surface area (Å²) in [7, 11) is 3.95. The van der Waals surface area contributed by atoms with Crippen LogP contribution >= 0.6 is 0 Å². The standard InChI is InChI=1S/C24H29F2N7O/c1-14(2)33-15(3)27-12-21(33)22-20(26)11-28-24(30-22)29-16-6-7-18(19(25)10-16)23(34)32-9-8-17(13-32)31(4)5/h6-7,10-12,14,17H,8-9,13H2,1-5H3,(H,28,29,30)/t17-/m1/s1. The molecule has 0 aliphatic carbocycles. The van der Waals surface area contributed by atoms with E-state index >= 15 is 0 Å². The van der Waals surface area contributed by atoms with Crippen molar-refractivity contribution in [2.75, 3.05) is 32.5 Å². The Morgan fingerprint density at radius 3 is 2.59 bits per heavy atom. The molecule has 180 valence electrons. The number of benzene rings is 1. The van der Waals surface area contributed by atoms with E-state index in [1.165, 1.54) is 12.1 Å². The minimum atomic E-state index is -0.640. The van der Waals surface area contributed by atoms with Crippen LogP contribution in [0, 0.1) is 18.6 Å². The first-order chi connectivity index (χ1) is 16.2. The topological polar surface area (TPSA) is 79.2 Å². The molecule has 1 atom stereocenters. The van der Waals surface area contributed by atoms with Crippen molar-refractivity contribution in [2.24, 2.45) is 0 Å². The van der Waals surface area contributed by atoms with Gasteiger partial charge in [-0.1, -0.05) is 0 Å². The Kier molecular flexibility index (Phi) is 6.60. The van der Waals surface area contributed by atoms with Gasteiger partial charge in [-0.25, -0.2) is 23.7 Å². The van der Waals surface area contributed by atoms with Gasteiger partial charge in [-0.05, 0) is 59.5 Å². The molecular weight excluding hydrogens is 440 g/mol. The van der Waals surface area contributed by atoms with Gasteiger partial charge in [0, 0.05) is 30.9 Å². The van der Waals surface area contributed by atoms with E-state index in [2.05, 4.69) is 25.2 Å². The maximum atomic E-state index is 14.9. The zero-order chi connectivity index (χ0) is 24.6. The highest BCUT2D eigenvalue weighted by molar-refractivity contribution is 5.95. The number of hydrogen-bond acceptors (Lipinski definition) is 6. The number of imidazole rings is 1. The van der Waals surface area contributed by atoms with E-state index in [0.29, 0.717) is 24.5 Å². The molecular formula is C24H29F2N7O. The molecule has 8 nitrogen and oxygen atoms in total. The maximum absolute atomic E-state index is 14.9. The number of halogens is 2. The SMILES string of the molecule is Cc1ncc(-c2nc(Nc3ccc(C(=O)N4CC[C@@H](N(C)C)C4)c(F)c3)ncc2F)n1C(C)C. The fraction of sp³-hybridized carbons (Fsp3) is 0.417. The fourth-order valence-electron chi connectivity index (χ4n) is 4.30. The molecule has 0 spiro atoms. The Morgan fingerprint density at radius 2 is 1.94 bits per heavy atom. The predicted molar refractivity (Wildman–Crippen MR) is 126 cm³/mol. The van der Waals surface area contributed by atoms with Crippen molar-refractivity contribution in [1.29, 1.82) is 0 Å². The van der Waals surface area contributed by atoms with E-state index in [-0.39, 0.29) is 35.2 Å². The lowest BCUT2D eigenvalue weighted by atomic mass is 10.1. The normalized spacial score (nSPS) is 16.0. The van der Waals surface area contributed by atoms with Crippen LogP contribution in [-0.4, -0.2) is 68.5 Å². The number of likely N-dealkylation sites (tertiary alicyclic amines) is 1. The van der Waals surface area contributed by atoms with Gasteiger partial charge < -0.3 is 19.7 Å². The van der Waals surface area contributed by atoms with Gasteiger partial charge in [-0.3, -0.25) is 4.79 Å². The van der Waals surface area contributed by atoms with Gasteiger partial charge in [0.2, 0.25) is 5.95 Å². The van der Waals surface area contributed by atoms with E-state index in [4.69, 9.17) is 0 Å². The zero-order valence-corrected chi connectivity index (χ0v) is 20.0. The van der Waals surface area contributed by atoms with E-state index < -0.39 is 11.6 Å². The van der Waals surface area contributed by atoms with Gasteiger partial charge in [0.15, 0.2) is 5.82 Å². The van der Waals surface area contributed by atoms with Crippen LogP contribution in [0.3, 0.4) is 0 Å². The first-order valence-electron chi connectivity index (χ1n) is 11.2. The van der Waals surface area contributed by atoms with Crippen LogP contribution in [0.25, 0.3) is 11.4 Å². The minimum absolute atomic E-state index is 0.0157. The van der Waals surface area contributed by atoms with Crippen LogP contribution < -0.4 is 5.32 Å². The van der Waals surface area contributed by atoms with E-state index in [9.17, 15) is 13.6 Å². The van der Waals surface area contributed by atoms with Crippen molar-refractivity contribution in [3.05, 3.63) is 53.6 Å². The van der Waals surface area contributed by atoms with Gasteiger partial charge in [-0.2, -0.15) is 0 Å². The number of hydrogen-bond donors (Lipinski definition) is 1.